The molecule has 1 fully saturated rings. The number of hydrogen-bond donors (Lipinski definition) is 0. The molecule has 3 amide bonds. The molecule has 2 heterocycles. The molecule has 1 saturated heterocycles. The van der Waals surface area contributed by atoms with Gasteiger partial charge in [0.1, 0.15) is 0 Å². The highest BCUT2D eigenvalue weighted by Gasteiger charge is 2.35. The molecule has 29 heavy (non-hydrogen) atoms. The number of carbonyl (C=O) groups excluding carboxylic acids is 3. The molecule has 0 unspecified atom stereocenters. The number of nitrogens with zero attached hydrogens (tertiary/aromatic N) is 3. The highest BCUT2D eigenvalue weighted by molar-refractivity contribution is 6.22. The van der Waals surface area contributed by atoms with Crippen molar-refractivity contribution < 1.29 is 14.4 Å². The smallest absolute Gasteiger partial charge is 0.261 e. The molecule has 2 aliphatic rings. The Morgan fingerprint density at radius 1 is 1.00 bits per heavy atom. The molecule has 0 radical (unpaired) electrons. The molecule has 0 aliphatic carbocycles. The molecule has 0 spiro atoms. The number of hydrogen-bond acceptors (Lipinski definition) is 4. The minimum atomic E-state index is -0.371. The zero-order chi connectivity index (χ0) is 20.5. The predicted molar refractivity (Wildman–Crippen MR) is 111 cm³/mol. The van der Waals surface area contributed by atoms with Crippen LogP contribution in [0.4, 0.5) is 5.69 Å². The lowest BCUT2D eigenvalue weighted by molar-refractivity contribution is 0.0671. The molecule has 0 bridgehead atoms. The third-order valence-corrected chi connectivity index (χ3v) is 5.55. The van der Waals surface area contributed by atoms with E-state index in [4.69, 9.17) is 0 Å². The Kier molecular flexibility index (Phi) is 4.92. The second-order valence-corrected chi connectivity index (χ2v) is 7.34. The van der Waals surface area contributed by atoms with Crippen LogP contribution in [0.5, 0.6) is 0 Å². The maximum absolute atomic E-state index is 13.0. The van der Waals surface area contributed by atoms with E-state index in [2.05, 4.69) is 30.5 Å². The zero-order valence-corrected chi connectivity index (χ0v) is 16.4. The van der Waals surface area contributed by atoms with Crippen molar-refractivity contribution in [3.8, 4) is 0 Å². The molecule has 2 aliphatic heterocycles. The molecule has 148 valence electrons. The van der Waals surface area contributed by atoms with Crippen LogP contribution in [0, 0.1) is 6.92 Å². The van der Waals surface area contributed by atoms with E-state index in [1.54, 1.807) is 23.1 Å². The summed E-state index contributed by atoms with van der Waals surface area (Å²) in [5, 5.41) is 0. The van der Waals surface area contributed by atoms with Crippen molar-refractivity contribution in [1.82, 2.24) is 9.80 Å². The summed E-state index contributed by atoms with van der Waals surface area (Å²) < 4.78 is 0. The number of fused-ring (bicyclic) bond motifs is 1. The van der Waals surface area contributed by atoms with E-state index in [9.17, 15) is 14.4 Å². The van der Waals surface area contributed by atoms with Crippen LogP contribution < -0.4 is 4.90 Å². The second-order valence-electron chi connectivity index (χ2n) is 7.34. The Bertz CT molecular complexity index is 1010. The summed E-state index contributed by atoms with van der Waals surface area (Å²) >= 11 is 0. The Balaban J connectivity index is 1.48. The quantitative estimate of drug-likeness (QED) is 0.596. The molecule has 0 saturated carbocycles. The van der Waals surface area contributed by atoms with Gasteiger partial charge >= 0.3 is 0 Å². The van der Waals surface area contributed by atoms with E-state index in [-0.39, 0.29) is 24.3 Å². The summed E-state index contributed by atoms with van der Waals surface area (Å²) in [5.41, 5.74) is 3.50. The van der Waals surface area contributed by atoms with Gasteiger partial charge in [0.05, 0.1) is 11.1 Å². The summed E-state index contributed by atoms with van der Waals surface area (Å²) in [6.45, 7) is 8.57. The van der Waals surface area contributed by atoms with E-state index in [1.807, 2.05) is 12.1 Å². The van der Waals surface area contributed by atoms with Crippen molar-refractivity contribution in [2.75, 3.05) is 37.6 Å². The third-order valence-electron chi connectivity index (χ3n) is 5.55. The van der Waals surface area contributed by atoms with Gasteiger partial charge in [0.15, 0.2) is 0 Å². The largest absolute Gasteiger partial charge is 0.368 e. The predicted octanol–water partition coefficient (Wildman–Crippen LogP) is 2.74. The normalized spacial score (nSPS) is 16.2. The second kappa shape index (κ2) is 7.54. The van der Waals surface area contributed by atoms with Crippen LogP contribution in [-0.2, 0) is 0 Å². The van der Waals surface area contributed by atoms with E-state index < -0.39 is 0 Å². The minimum absolute atomic E-state index is 0.111. The van der Waals surface area contributed by atoms with Crippen LogP contribution in [0.25, 0.3) is 0 Å². The molecule has 4 rings (SSSR count). The Labute approximate surface area is 170 Å². The van der Waals surface area contributed by atoms with E-state index in [0.717, 1.165) is 18.0 Å². The van der Waals surface area contributed by atoms with Crippen molar-refractivity contribution in [2.24, 2.45) is 0 Å². The monoisotopic (exact) mass is 389 g/mol. The first-order chi connectivity index (χ1) is 14.0. The maximum Gasteiger partial charge on any atom is 0.261 e. The van der Waals surface area contributed by atoms with Gasteiger partial charge < -0.3 is 9.80 Å². The first-order valence-electron chi connectivity index (χ1n) is 9.72. The number of piperazine rings is 1. The Hall–Kier alpha value is -3.41. The molecule has 6 nitrogen and oxygen atoms in total. The van der Waals surface area contributed by atoms with Gasteiger partial charge in [-0.15, -0.1) is 6.58 Å². The van der Waals surface area contributed by atoms with Crippen molar-refractivity contribution >= 4 is 23.4 Å². The molecule has 6 heteroatoms. The van der Waals surface area contributed by atoms with Crippen molar-refractivity contribution in [1.29, 1.82) is 0 Å². The number of anilines is 1. The van der Waals surface area contributed by atoms with Crippen LogP contribution >= 0.6 is 0 Å². The van der Waals surface area contributed by atoms with Crippen LogP contribution in [0.3, 0.4) is 0 Å². The van der Waals surface area contributed by atoms with Gasteiger partial charge in [-0.1, -0.05) is 24.3 Å². The summed E-state index contributed by atoms with van der Waals surface area (Å²) in [6, 6.07) is 13.0. The Morgan fingerprint density at radius 2 is 1.69 bits per heavy atom. The highest BCUT2D eigenvalue weighted by Crippen LogP contribution is 2.25. The summed E-state index contributed by atoms with van der Waals surface area (Å²) in [4.78, 5) is 43.1. The SMILES string of the molecule is C=CCN1C(=O)c2ccc(C(=O)N3CCN(c4ccccc4C)CC3)cc2C1=O. The highest BCUT2D eigenvalue weighted by atomic mass is 16.2. The maximum atomic E-state index is 13.0. The van der Waals surface area contributed by atoms with Crippen LogP contribution in [-0.4, -0.2) is 60.2 Å². The molecule has 0 aromatic heterocycles. The topological polar surface area (TPSA) is 60.9 Å². The van der Waals surface area contributed by atoms with Crippen molar-refractivity contribution in [2.45, 2.75) is 6.92 Å². The van der Waals surface area contributed by atoms with Crippen LogP contribution in [0.15, 0.2) is 55.1 Å². The van der Waals surface area contributed by atoms with E-state index in [1.165, 1.54) is 17.3 Å². The van der Waals surface area contributed by atoms with E-state index >= 15 is 0 Å². The molecular formula is C23H23N3O3. The number of rotatable bonds is 4. The van der Waals surface area contributed by atoms with Gasteiger partial charge in [-0.2, -0.15) is 0 Å². The van der Waals surface area contributed by atoms with Gasteiger partial charge in [-0.05, 0) is 36.8 Å². The number of amides is 3. The number of carbonyl (C=O) groups is 3. The molecule has 0 atom stereocenters. The standard InChI is InChI=1S/C23H23N3O3/c1-3-10-26-22(28)18-9-8-17(15-19(18)23(26)29)21(27)25-13-11-24(12-14-25)20-7-5-4-6-16(20)2/h3-9,15H,1,10-14H2,2H3. The molecule has 2 aromatic carbocycles. The molecule has 2 aromatic rings. The van der Waals surface area contributed by atoms with Gasteiger partial charge in [-0.25, -0.2) is 0 Å². The third kappa shape index (κ3) is 3.31. The van der Waals surface area contributed by atoms with Crippen LogP contribution in [0.1, 0.15) is 36.6 Å². The number of para-hydroxylation sites is 1. The average Bonchev–Trinajstić information content (AvgIpc) is 2.98. The number of aryl methyl sites for hydroxylation is 1. The molecule has 0 N–H and O–H groups in total. The Morgan fingerprint density at radius 3 is 2.38 bits per heavy atom. The summed E-state index contributed by atoms with van der Waals surface area (Å²) in [5.74, 6) is -0.820. The first-order valence-corrected chi connectivity index (χ1v) is 9.72. The van der Waals surface area contributed by atoms with Crippen LogP contribution in [0.2, 0.25) is 0 Å². The van der Waals surface area contributed by atoms with Gasteiger partial charge in [0, 0.05) is 44.0 Å². The fourth-order valence-corrected chi connectivity index (χ4v) is 3.97. The minimum Gasteiger partial charge on any atom is -0.368 e. The summed E-state index contributed by atoms with van der Waals surface area (Å²) in [6.07, 6.45) is 1.52. The van der Waals surface area contributed by atoms with E-state index in [0.29, 0.717) is 29.8 Å². The lowest BCUT2D eigenvalue weighted by atomic mass is 10.0. The number of imide groups is 1. The number of benzene rings is 2. The van der Waals surface area contributed by atoms with Gasteiger partial charge in [0.2, 0.25) is 0 Å². The van der Waals surface area contributed by atoms with Gasteiger partial charge in [0.25, 0.3) is 17.7 Å². The molecular weight excluding hydrogens is 366 g/mol. The van der Waals surface area contributed by atoms with Crippen molar-refractivity contribution in [3.05, 3.63) is 77.4 Å². The fraction of sp³-hybridized carbons (Fsp3) is 0.261. The summed E-state index contributed by atoms with van der Waals surface area (Å²) in [7, 11) is 0. The fourth-order valence-electron chi connectivity index (χ4n) is 3.97. The van der Waals surface area contributed by atoms with Crippen molar-refractivity contribution in [3.63, 3.8) is 0 Å². The lowest BCUT2D eigenvalue weighted by Crippen LogP contribution is -2.49. The average molecular weight is 389 g/mol. The first kappa shape index (κ1) is 18.9. The zero-order valence-electron chi connectivity index (χ0n) is 16.4. The van der Waals surface area contributed by atoms with Gasteiger partial charge in [-0.3, -0.25) is 19.3 Å². The lowest BCUT2D eigenvalue weighted by Gasteiger charge is -2.36.